The summed E-state index contributed by atoms with van der Waals surface area (Å²) in [6, 6.07) is 11.7. The molecule has 0 saturated carbocycles. The van der Waals surface area contributed by atoms with Gasteiger partial charge in [-0.2, -0.15) is 0 Å². The molecule has 35 heavy (non-hydrogen) atoms. The first-order valence-electron chi connectivity index (χ1n) is 12.2. The van der Waals surface area contributed by atoms with Gasteiger partial charge in [0.15, 0.2) is 5.82 Å². The van der Waals surface area contributed by atoms with E-state index in [1.54, 1.807) is 19.1 Å². The van der Waals surface area contributed by atoms with Crippen molar-refractivity contribution in [1.29, 1.82) is 0 Å². The van der Waals surface area contributed by atoms with Crippen molar-refractivity contribution in [3.8, 4) is 17.0 Å². The third-order valence-electron chi connectivity index (χ3n) is 6.04. The molecule has 1 saturated heterocycles. The van der Waals surface area contributed by atoms with E-state index < -0.39 is 0 Å². The maximum atomic E-state index is 13.0. The third kappa shape index (κ3) is 7.65. The predicted molar refractivity (Wildman–Crippen MR) is 135 cm³/mol. The molecule has 1 aliphatic rings. The molecule has 190 valence electrons. The minimum absolute atomic E-state index is 0.00549. The Kier molecular flexibility index (Phi) is 9.84. The zero-order chi connectivity index (χ0) is 25.2. The van der Waals surface area contributed by atoms with Gasteiger partial charge < -0.3 is 24.2 Å². The van der Waals surface area contributed by atoms with Gasteiger partial charge in [-0.25, -0.2) is 0 Å². The summed E-state index contributed by atoms with van der Waals surface area (Å²) < 4.78 is 10.4. The first-order valence-corrected chi connectivity index (χ1v) is 12.2. The Bertz CT molecular complexity index is 949. The van der Waals surface area contributed by atoms with Crippen LogP contribution in [0.25, 0.3) is 11.3 Å². The van der Waals surface area contributed by atoms with E-state index in [1.807, 2.05) is 55.1 Å². The van der Waals surface area contributed by atoms with Crippen LogP contribution in [0.2, 0.25) is 0 Å². The van der Waals surface area contributed by atoms with Crippen LogP contribution in [0.3, 0.4) is 0 Å². The van der Waals surface area contributed by atoms with Crippen molar-refractivity contribution >= 4 is 17.6 Å². The molecular weight excluding hydrogens is 446 g/mol. The van der Waals surface area contributed by atoms with Crippen molar-refractivity contribution in [3.05, 3.63) is 36.4 Å². The van der Waals surface area contributed by atoms with Gasteiger partial charge >= 0.3 is 0 Å². The van der Waals surface area contributed by atoms with Crippen LogP contribution in [-0.2, 0) is 14.3 Å². The molecule has 0 unspecified atom stereocenters. The minimum atomic E-state index is -0.0269. The Hall–Kier alpha value is -3.20. The number of amides is 2. The van der Waals surface area contributed by atoms with Gasteiger partial charge in [0, 0.05) is 51.8 Å². The topological polar surface area (TPSA) is 88.1 Å². The van der Waals surface area contributed by atoms with E-state index in [9.17, 15) is 9.59 Å². The molecule has 3 rings (SSSR count). The Balaban J connectivity index is 1.58. The van der Waals surface area contributed by atoms with Crippen LogP contribution in [0.1, 0.15) is 26.7 Å². The number of hydrogen-bond donors (Lipinski definition) is 0. The van der Waals surface area contributed by atoms with Crippen LogP contribution in [-0.4, -0.2) is 91.9 Å². The van der Waals surface area contributed by atoms with Gasteiger partial charge in [-0.3, -0.25) is 9.59 Å². The second-order valence-electron chi connectivity index (χ2n) is 9.13. The number of aromatic nitrogens is 2. The van der Waals surface area contributed by atoms with Gasteiger partial charge in [-0.05, 0) is 48.7 Å². The van der Waals surface area contributed by atoms with Crippen molar-refractivity contribution in [2.75, 3.05) is 65.0 Å². The van der Waals surface area contributed by atoms with Crippen LogP contribution in [0, 0.1) is 5.92 Å². The molecule has 0 aliphatic carbocycles. The average molecular weight is 484 g/mol. The molecule has 1 aromatic carbocycles. The van der Waals surface area contributed by atoms with E-state index in [1.165, 1.54) is 0 Å². The number of anilines is 1. The molecule has 2 aromatic rings. The molecule has 2 amide bonds. The summed E-state index contributed by atoms with van der Waals surface area (Å²) in [5.74, 6) is 1.81. The summed E-state index contributed by atoms with van der Waals surface area (Å²) in [5.41, 5.74) is 1.77. The first kappa shape index (κ1) is 26.4. The van der Waals surface area contributed by atoms with Gasteiger partial charge in [-0.1, -0.05) is 13.8 Å². The van der Waals surface area contributed by atoms with Gasteiger partial charge in [0.1, 0.15) is 5.75 Å². The Morgan fingerprint density at radius 1 is 1.00 bits per heavy atom. The number of benzene rings is 1. The van der Waals surface area contributed by atoms with E-state index in [2.05, 4.69) is 15.1 Å². The molecule has 1 aromatic heterocycles. The average Bonchev–Trinajstić information content (AvgIpc) is 3.13. The van der Waals surface area contributed by atoms with Gasteiger partial charge in [0.2, 0.25) is 11.8 Å². The lowest BCUT2D eigenvalue weighted by molar-refractivity contribution is -0.141. The van der Waals surface area contributed by atoms with Crippen molar-refractivity contribution in [2.24, 2.45) is 5.92 Å². The van der Waals surface area contributed by atoms with Crippen molar-refractivity contribution in [1.82, 2.24) is 20.0 Å². The molecule has 1 fully saturated rings. The number of hydrogen-bond acceptors (Lipinski definition) is 7. The van der Waals surface area contributed by atoms with Crippen LogP contribution in [0.15, 0.2) is 36.4 Å². The summed E-state index contributed by atoms with van der Waals surface area (Å²) >= 11 is 0. The number of ether oxygens (including phenoxy) is 2. The summed E-state index contributed by atoms with van der Waals surface area (Å²) in [6.07, 6.45) is 1.25. The van der Waals surface area contributed by atoms with Gasteiger partial charge in [0.05, 0.1) is 26.0 Å². The molecule has 0 radical (unpaired) electrons. The standard InChI is InChI=1S/C26H37N5O4/c1-20(2)18-25(32)31(16-17-34-3)19-26(33)30-13-5-12-29(14-15-30)24-11-10-23(27-28-24)21-6-8-22(35-4)9-7-21/h6-11,20H,5,12-19H2,1-4H3. The molecule has 0 atom stereocenters. The second-order valence-corrected chi connectivity index (χ2v) is 9.13. The quantitative estimate of drug-likeness (QED) is 0.513. The van der Waals surface area contributed by atoms with E-state index in [0.717, 1.165) is 35.8 Å². The van der Waals surface area contributed by atoms with E-state index in [4.69, 9.17) is 9.47 Å². The molecule has 0 bridgehead atoms. The number of carbonyl (C=O) groups excluding carboxylic acids is 2. The number of rotatable bonds is 10. The highest BCUT2D eigenvalue weighted by molar-refractivity contribution is 5.85. The highest BCUT2D eigenvalue weighted by atomic mass is 16.5. The molecule has 0 spiro atoms. The van der Waals surface area contributed by atoms with E-state index in [-0.39, 0.29) is 24.3 Å². The van der Waals surface area contributed by atoms with Gasteiger partial charge in [0.25, 0.3) is 0 Å². The van der Waals surface area contributed by atoms with Crippen LogP contribution in [0.4, 0.5) is 5.82 Å². The summed E-state index contributed by atoms with van der Waals surface area (Å²) in [4.78, 5) is 31.3. The lowest BCUT2D eigenvalue weighted by atomic mass is 10.1. The highest BCUT2D eigenvalue weighted by Gasteiger charge is 2.24. The highest BCUT2D eigenvalue weighted by Crippen LogP contribution is 2.22. The fourth-order valence-electron chi connectivity index (χ4n) is 4.04. The lowest BCUT2D eigenvalue weighted by Crippen LogP contribution is -2.45. The van der Waals surface area contributed by atoms with Crippen molar-refractivity contribution in [3.63, 3.8) is 0 Å². The number of carbonyl (C=O) groups is 2. The number of methoxy groups -OCH3 is 2. The van der Waals surface area contributed by atoms with Crippen molar-refractivity contribution < 1.29 is 19.1 Å². The zero-order valence-electron chi connectivity index (χ0n) is 21.3. The minimum Gasteiger partial charge on any atom is -0.497 e. The fraction of sp³-hybridized carbons (Fsp3) is 0.538. The zero-order valence-corrected chi connectivity index (χ0v) is 21.3. The molecule has 9 heteroatoms. The lowest BCUT2D eigenvalue weighted by Gasteiger charge is -2.27. The monoisotopic (exact) mass is 483 g/mol. The normalized spacial score (nSPS) is 14.1. The summed E-state index contributed by atoms with van der Waals surface area (Å²) in [6.45, 7) is 7.63. The smallest absolute Gasteiger partial charge is 0.242 e. The second kappa shape index (κ2) is 13.0. The molecule has 1 aliphatic heterocycles. The Morgan fingerprint density at radius 3 is 2.40 bits per heavy atom. The van der Waals surface area contributed by atoms with Gasteiger partial charge in [-0.15, -0.1) is 10.2 Å². The van der Waals surface area contributed by atoms with Crippen LogP contribution >= 0.6 is 0 Å². The third-order valence-corrected chi connectivity index (χ3v) is 6.04. The largest absolute Gasteiger partial charge is 0.497 e. The molecular formula is C26H37N5O4. The fourth-order valence-corrected chi connectivity index (χ4v) is 4.04. The molecule has 9 nitrogen and oxygen atoms in total. The number of nitrogens with zero attached hydrogens (tertiary/aromatic N) is 5. The molecule has 2 heterocycles. The van der Waals surface area contributed by atoms with Crippen molar-refractivity contribution in [2.45, 2.75) is 26.7 Å². The maximum Gasteiger partial charge on any atom is 0.242 e. The van der Waals surface area contributed by atoms with Crippen LogP contribution in [0.5, 0.6) is 5.75 Å². The first-order chi connectivity index (χ1) is 16.9. The maximum absolute atomic E-state index is 13.0. The SMILES string of the molecule is COCCN(CC(=O)N1CCCN(c2ccc(-c3ccc(OC)cc3)nn2)CC1)C(=O)CC(C)C. The predicted octanol–water partition coefficient (Wildman–Crippen LogP) is 2.71. The molecule has 0 N–H and O–H groups in total. The van der Waals surface area contributed by atoms with E-state index >= 15 is 0 Å². The summed E-state index contributed by atoms with van der Waals surface area (Å²) in [5, 5.41) is 8.85. The van der Waals surface area contributed by atoms with E-state index in [0.29, 0.717) is 39.2 Å². The Morgan fingerprint density at radius 2 is 1.77 bits per heavy atom. The Labute approximate surface area is 208 Å². The summed E-state index contributed by atoms with van der Waals surface area (Å²) in [7, 11) is 3.24. The van der Waals surface area contributed by atoms with Crippen LogP contribution < -0.4 is 9.64 Å².